The Morgan fingerprint density at radius 1 is 0.818 bits per heavy atom. The first-order valence-corrected chi connectivity index (χ1v) is 17.4. The van der Waals surface area contributed by atoms with Gasteiger partial charge in [-0.1, -0.05) is 11.6 Å². The number of aromatic amines is 4. The molecular formula is C33H34ClF6N13O2. The number of anilines is 1. The van der Waals surface area contributed by atoms with E-state index in [4.69, 9.17) is 11.6 Å². The molecule has 2 aliphatic rings. The molecule has 0 radical (unpaired) electrons. The summed E-state index contributed by atoms with van der Waals surface area (Å²) < 4.78 is 72.7. The lowest BCUT2D eigenvalue weighted by molar-refractivity contribution is -0.135. The average Bonchev–Trinajstić information content (AvgIpc) is 3.97. The van der Waals surface area contributed by atoms with E-state index in [1.807, 2.05) is 17.0 Å². The Balaban J connectivity index is 0.000000157. The molecule has 6 aromatic heterocycles. The summed E-state index contributed by atoms with van der Waals surface area (Å²) in [6.07, 6.45) is -3.08. The van der Waals surface area contributed by atoms with Crippen molar-refractivity contribution in [2.45, 2.75) is 64.0 Å². The lowest BCUT2D eigenvalue weighted by Gasteiger charge is -2.28. The Morgan fingerprint density at radius 2 is 1.47 bits per heavy atom. The molecule has 2 aliphatic heterocycles. The first-order valence-electron chi connectivity index (χ1n) is 17.0. The number of fused-ring (bicyclic) bond motifs is 4. The summed E-state index contributed by atoms with van der Waals surface area (Å²) in [5, 5.41) is 21.1. The summed E-state index contributed by atoms with van der Waals surface area (Å²) in [5.74, 6) is -0.183. The molecule has 8 heterocycles. The number of Topliss-reactive ketones (excluding diaryl/α,β-unsaturated/α-hetero) is 1. The van der Waals surface area contributed by atoms with Crippen molar-refractivity contribution in [2.75, 3.05) is 24.5 Å². The number of alkyl halides is 6. The predicted octanol–water partition coefficient (Wildman–Crippen LogP) is 5.51. The summed E-state index contributed by atoms with van der Waals surface area (Å²) in [4.78, 5) is 48.3. The Labute approximate surface area is 312 Å². The van der Waals surface area contributed by atoms with Crippen LogP contribution in [0.3, 0.4) is 0 Å². The van der Waals surface area contributed by atoms with Crippen LogP contribution in [0.4, 0.5) is 32.2 Å². The fourth-order valence-electron chi connectivity index (χ4n) is 6.04. The van der Waals surface area contributed by atoms with E-state index < -0.39 is 37.6 Å². The third-order valence-corrected chi connectivity index (χ3v) is 9.02. The molecule has 8 rings (SSSR count). The topological polar surface area (TPSA) is 202 Å². The van der Waals surface area contributed by atoms with Crippen molar-refractivity contribution in [1.29, 1.82) is 0 Å². The van der Waals surface area contributed by atoms with Gasteiger partial charge in [-0.3, -0.25) is 19.8 Å². The number of hydrogen-bond acceptors (Lipinski definition) is 10. The van der Waals surface area contributed by atoms with Gasteiger partial charge in [-0.25, -0.2) is 19.9 Å². The minimum atomic E-state index is -4.26. The molecule has 22 heteroatoms. The largest absolute Gasteiger partial charge is 0.390 e. The van der Waals surface area contributed by atoms with E-state index in [-0.39, 0.29) is 30.0 Å². The lowest BCUT2D eigenvalue weighted by atomic mass is 10.0. The second-order valence-electron chi connectivity index (χ2n) is 12.5. The maximum Gasteiger partial charge on any atom is 0.390 e. The molecule has 6 N–H and O–H groups in total. The average molecular weight is 794 g/mol. The van der Waals surface area contributed by atoms with Gasteiger partial charge in [-0.2, -0.15) is 36.5 Å². The van der Waals surface area contributed by atoms with Crippen LogP contribution < -0.4 is 15.5 Å². The number of halogens is 7. The van der Waals surface area contributed by atoms with Crippen LogP contribution in [0.1, 0.15) is 69.2 Å². The molecule has 55 heavy (non-hydrogen) atoms. The fraction of sp³-hybridized carbons (Fsp3) is 0.394. The maximum absolute atomic E-state index is 12.4. The number of rotatable bonds is 8. The van der Waals surface area contributed by atoms with E-state index in [1.165, 1.54) is 12.7 Å². The highest BCUT2D eigenvalue weighted by molar-refractivity contribution is 6.33. The van der Waals surface area contributed by atoms with Gasteiger partial charge in [-0.15, -0.1) is 0 Å². The number of carbonyl (C=O) groups excluding carboxylic acids is 2. The number of ketones is 1. The van der Waals surface area contributed by atoms with Crippen molar-refractivity contribution < 1.29 is 35.9 Å². The summed E-state index contributed by atoms with van der Waals surface area (Å²) in [6.45, 7) is 1.98. The number of nitrogens with one attached hydrogen (secondary N) is 6. The Hall–Kier alpha value is -5.57. The van der Waals surface area contributed by atoms with Gasteiger partial charge < -0.3 is 25.5 Å². The SMILES string of the molecule is Clc1ncnc2[nH]ccc12.O=C(CCCC(F)(F)F)c1n[nH]c2c1CN(c1ncnc3[nH]ccc13)CC2.O=C(NCCC(F)(F)F)c1n[nH]c2c1CNCC2. The monoisotopic (exact) mass is 793 g/mol. The lowest BCUT2D eigenvalue weighted by Crippen LogP contribution is -2.31. The highest BCUT2D eigenvalue weighted by atomic mass is 35.5. The van der Waals surface area contributed by atoms with E-state index in [0.29, 0.717) is 31.2 Å². The number of carbonyl (C=O) groups is 2. The van der Waals surface area contributed by atoms with Gasteiger partial charge in [0, 0.05) is 93.3 Å². The molecule has 0 unspecified atom stereocenters. The van der Waals surface area contributed by atoms with E-state index >= 15 is 0 Å². The first-order chi connectivity index (χ1) is 26.3. The molecule has 15 nitrogen and oxygen atoms in total. The number of H-pyrrole nitrogens is 4. The van der Waals surface area contributed by atoms with Gasteiger partial charge >= 0.3 is 12.4 Å². The van der Waals surface area contributed by atoms with Gasteiger partial charge in [-0.05, 0) is 18.6 Å². The molecule has 1 amide bonds. The van der Waals surface area contributed by atoms with Gasteiger partial charge in [0.2, 0.25) is 0 Å². The van der Waals surface area contributed by atoms with Crippen LogP contribution in [0.5, 0.6) is 0 Å². The molecule has 0 spiro atoms. The van der Waals surface area contributed by atoms with Crippen molar-refractivity contribution in [3.63, 3.8) is 0 Å². The van der Waals surface area contributed by atoms with Crippen LogP contribution in [-0.2, 0) is 25.9 Å². The van der Waals surface area contributed by atoms with Gasteiger partial charge in [0.05, 0.1) is 17.2 Å². The molecular weight excluding hydrogens is 760 g/mol. The van der Waals surface area contributed by atoms with Crippen molar-refractivity contribution in [2.24, 2.45) is 0 Å². The van der Waals surface area contributed by atoms with Crippen molar-refractivity contribution in [1.82, 2.24) is 60.9 Å². The van der Waals surface area contributed by atoms with Crippen molar-refractivity contribution in [3.8, 4) is 0 Å². The predicted molar refractivity (Wildman–Crippen MR) is 187 cm³/mol. The Morgan fingerprint density at radius 3 is 2.18 bits per heavy atom. The molecule has 6 aromatic rings. The number of hydrogen-bond donors (Lipinski definition) is 6. The highest BCUT2D eigenvalue weighted by Gasteiger charge is 2.30. The second kappa shape index (κ2) is 16.8. The van der Waals surface area contributed by atoms with E-state index in [2.05, 4.69) is 60.9 Å². The van der Waals surface area contributed by atoms with Crippen LogP contribution >= 0.6 is 11.6 Å². The van der Waals surface area contributed by atoms with Crippen LogP contribution in [0.25, 0.3) is 22.1 Å². The van der Waals surface area contributed by atoms with Crippen LogP contribution in [0, 0.1) is 0 Å². The summed E-state index contributed by atoms with van der Waals surface area (Å²) in [5.41, 5.74) is 5.11. The quantitative estimate of drug-likeness (QED) is 0.0649. The van der Waals surface area contributed by atoms with Crippen molar-refractivity contribution >= 4 is 51.2 Å². The zero-order valence-electron chi connectivity index (χ0n) is 28.8. The van der Waals surface area contributed by atoms with E-state index in [9.17, 15) is 35.9 Å². The maximum atomic E-state index is 12.4. The van der Waals surface area contributed by atoms with E-state index in [1.54, 1.807) is 12.4 Å². The van der Waals surface area contributed by atoms with Gasteiger partial charge in [0.1, 0.15) is 40.6 Å². The van der Waals surface area contributed by atoms with Gasteiger partial charge in [0.25, 0.3) is 5.91 Å². The third kappa shape index (κ3) is 9.95. The summed E-state index contributed by atoms with van der Waals surface area (Å²) in [6, 6.07) is 3.73. The minimum absolute atomic E-state index is 0.174. The molecule has 0 aromatic carbocycles. The molecule has 292 valence electrons. The zero-order valence-corrected chi connectivity index (χ0v) is 29.6. The second-order valence-corrected chi connectivity index (χ2v) is 12.9. The molecule has 0 saturated heterocycles. The smallest absolute Gasteiger partial charge is 0.351 e. The molecule has 0 fully saturated rings. The zero-order chi connectivity index (χ0) is 39.2. The summed E-state index contributed by atoms with van der Waals surface area (Å²) in [7, 11) is 0. The minimum Gasteiger partial charge on any atom is -0.351 e. The molecule has 0 saturated carbocycles. The standard InChI is InChI=1S/C17H17F3N6O.C10H13F3N4O.C6H4ClN3/c18-17(19,20)5-1-2-13(27)14-11-8-26(7-4-12(11)24-25-14)16-10-3-6-21-15(10)22-9-23-16;11-10(12,13)2-4-15-9(18)8-6-5-14-3-1-7(6)16-17-8;7-5-4-1-2-8-6(4)10-3-9-5/h3,6,9H,1-2,4-5,7-8H2,(H,24,25)(H,21,22,23);14H,1-5H2,(H,15,18)(H,16,17);1-3H,(H,8,9,10). The van der Waals surface area contributed by atoms with E-state index in [0.717, 1.165) is 63.4 Å². The molecule has 0 aliphatic carbocycles. The van der Waals surface area contributed by atoms with Gasteiger partial charge in [0.15, 0.2) is 11.5 Å². The number of amides is 1. The highest BCUT2D eigenvalue weighted by Crippen LogP contribution is 2.30. The van der Waals surface area contributed by atoms with Crippen LogP contribution in [0.15, 0.2) is 37.2 Å². The fourth-order valence-corrected chi connectivity index (χ4v) is 6.24. The van der Waals surface area contributed by atoms with Crippen LogP contribution in [0.2, 0.25) is 5.15 Å². The first kappa shape index (κ1) is 39.1. The number of aromatic nitrogens is 10. The van der Waals surface area contributed by atoms with Crippen molar-refractivity contribution in [3.05, 3.63) is 76.2 Å². The number of nitrogens with zero attached hydrogens (tertiary/aromatic N) is 7. The Kier molecular flexibility index (Phi) is 12.0. The van der Waals surface area contributed by atoms with Crippen LogP contribution in [-0.4, -0.2) is 94.0 Å². The summed E-state index contributed by atoms with van der Waals surface area (Å²) >= 11 is 5.73. The molecule has 0 atom stereocenters. The normalized spacial score (nSPS) is 14.1. The third-order valence-electron chi connectivity index (χ3n) is 8.71. The Bertz CT molecular complexity index is 2240. The molecule has 0 bridgehead atoms.